The Morgan fingerprint density at radius 2 is 2.14 bits per heavy atom. The van der Waals surface area contributed by atoms with E-state index in [1.807, 2.05) is 28.8 Å². The van der Waals surface area contributed by atoms with Crippen molar-refractivity contribution in [1.82, 2.24) is 24.3 Å². The summed E-state index contributed by atoms with van der Waals surface area (Å²) < 4.78 is 1.88. The van der Waals surface area contributed by atoms with Crippen LogP contribution in [0, 0.1) is 0 Å². The average molecular weight is 279 g/mol. The van der Waals surface area contributed by atoms with Crippen molar-refractivity contribution in [2.75, 3.05) is 0 Å². The van der Waals surface area contributed by atoms with Gasteiger partial charge in [-0.15, -0.1) is 0 Å². The number of aromatic carboxylic acids is 1. The number of H-pyrrole nitrogens is 1. The molecule has 102 valence electrons. The van der Waals surface area contributed by atoms with Crippen molar-refractivity contribution in [3.63, 3.8) is 0 Å². The molecule has 4 rings (SSSR count). The summed E-state index contributed by atoms with van der Waals surface area (Å²) >= 11 is 0. The van der Waals surface area contributed by atoms with Crippen LogP contribution in [0.3, 0.4) is 0 Å². The van der Waals surface area contributed by atoms with E-state index in [4.69, 9.17) is 5.11 Å². The summed E-state index contributed by atoms with van der Waals surface area (Å²) in [6.07, 6.45) is 6.56. The van der Waals surface area contributed by atoms with Crippen molar-refractivity contribution >= 4 is 22.8 Å². The number of carbonyl (C=O) groups is 1. The molecule has 4 aromatic rings. The van der Waals surface area contributed by atoms with Crippen LogP contribution in [0.1, 0.15) is 10.4 Å². The van der Waals surface area contributed by atoms with Gasteiger partial charge in [-0.3, -0.25) is 4.40 Å². The summed E-state index contributed by atoms with van der Waals surface area (Å²) in [6.45, 7) is 0. The lowest BCUT2D eigenvalue weighted by molar-refractivity contribution is 0.0699. The van der Waals surface area contributed by atoms with Crippen molar-refractivity contribution in [1.29, 1.82) is 0 Å². The molecule has 0 aliphatic carbocycles. The Hall–Kier alpha value is -3.22. The zero-order chi connectivity index (χ0) is 14.4. The molecular formula is C14H9N5O2. The van der Waals surface area contributed by atoms with E-state index >= 15 is 0 Å². The molecule has 7 heteroatoms. The van der Waals surface area contributed by atoms with Gasteiger partial charge in [0, 0.05) is 12.4 Å². The van der Waals surface area contributed by atoms with E-state index < -0.39 is 5.97 Å². The number of aromatic amines is 1. The summed E-state index contributed by atoms with van der Waals surface area (Å²) in [4.78, 5) is 26.9. The number of pyridine rings is 1. The quantitative estimate of drug-likeness (QED) is 0.584. The highest BCUT2D eigenvalue weighted by Crippen LogP contribution is 2.22. The van der Waals surface area contributed by atoms with Crippen LogP contribution in [-0.2, 0) is 0 Å². The number of hydrogen-bond acceptors (Lipinski definition) is 4. The van der Waals surface area contributed by atoms with E-state index in [0.717, 1.165) is 11.3 Å². The van der Waals surface area contributed by atoms with Gasteiger partial charge < -0.3 is 10.1 Å². The van der Waals surface area contributed by atoms with Gasteiger partial charge in [0.15, 0.2) is 5.65 Å². The van der Waals surface area contributed by atoms with Gasteiger partial charge in [0.1, 0.15) is 22.4 Å². The molecule has 4 heterocycles. The lowest BCUT2D eigenvalue weighted by atomic mass is 10.3. The second kappa shape index (κ2) is 4.14. The van der Waals surface area contributed by atoms with Crippen LogP contribution in [0.25, 0.3) is 28.2 Å². The van der Waals surface area contributed by atoms with Crippen molar-refractivity contribution in [2.24, 2.45) is 0 Å². The van der Waals surface area contributed by atoms with E-state index in [1.165, 1.54) is 6.20 Å². The zero-order valence-corrected chi connectivity index (χ0v) is 10.7. The molecule has 0 atom stereocenters. The third kappa shape index (κ3) is 1.68. The lowest BCUT2D eigenvalue weighted by Gasteiger charge is -2.01. The number of imidazole rings is 1. The Kier molecular flexibility index (Phi) is 2.28. The number of aromatic nitrogens is 5. The van der Waals surface area contributed by atoms with E-state index in [-0.39, 0.29) is 5.56 Å². The average Bonchev–Trinajstić information content (AvgIpc) is 3.10. The second-order valence-electron chi connectivity index (χ2n) is 4.53. The van der Waals surface area contributed by atoms with Crippen molar-refractivity contribution < 1.29 is 9.90 Å². The molecule has 0 aromatic carbocycles. The fourth-order valence-corrected chi connectivity index (χ4v) is 2.30. The molecule has 0 radical (unpaired) electrons. The fourth-order valence-electron chi connectivity index (χ4n) is 2.30. The monoisotopic (exact) mass is 279 g/mol. The van der Waals surface area contributed by atoms with Crippen LogP contribution < -0.4 is 0 Å². The zero-order valence-electron chi connectivity index (χ0n) is 10.7. The van der Waals surface area contributed by atoms with Crippen LogP contribution in [0.5, 0.6) is 0 Å². The van der Waals surface area contributed by atoms with Crippen molar-refractivity contribution in [3.05, 3.63) is 48.5 Å². The minimum absolute atomic E-state index is 0.105. The Morgan fingerprint density at radius 3 is 3.00 bits per heavy atom. The first-order chi connectivity index (χ1) is 10.2. The molecule has 0 bridgehead atoms. The van der Waals surface area contributed by atoms with Gasteiger partial charge in [-0.25, -0.2) is 19.7 Å². The number of carboxylic acid groups (broad SMARTS) is 1. The van der Waals surface area contributed by atoms with Crippen molar-refractivity contribution in [3.8, 4) is 11.4 Å². The topological polar surface area (TPSA) is 96.2 Å². The molecule has 0 fully saturated rings. The van der Waals surface area contributed by atoms with Crippen LogP contribution in [0.15, 0.2) is 43.0 Å². The van der Waals surface area contributed by atoms with Gasteiger partial charge in [-0.2, -0.15) is 0 Å². The molecular weight excluding hydrogens is 270 g/mol. The molecule has 0 aliphatic rings. The molecule has 21 heavy (non-hydrogen) atoms. The molecule has 0 spiro atoms. The van der Waals surface area contributed by atoms with Gasteiger partial charge in [0.2, 0.25) is 0 Å². The maximum Gasteiger partial charge on any atom is 0.339 e. The molecule has 0 amide bonds. The standard InChI is InChI=1S/C14H9N5O2/c20-14(21)8-5-16-13-12(8)18-9(6-17-13)10-7-15-11-3-1-2-4-19(10)11/h1-7H,(H,16,17)(H,20,21). The number of nitrogens with one attached hydrogen (secondary N) is 1. The molecule has 0 aliphatic heterocycles. The lowest BCUT2D eigenvalue weighted by Crippen LogP contribution is -1.97. The smallest absolute Gasteiger partial charge is 0.339 e. The number of nitrogens with zero attached hydrogens (tertiary/aromatic N) is 4. The van der Waals surface area contributed by atoms with Crippen LogP contribution in [0.2, 0.25) is 0 Å². The normalized spacial score (nSPS) is 11.2. The summed E-state index contributed by atoms with van der Waals surface area (Å²) in [6, 6.07) is 5.67. The molecule has 0 saturated carbocycles. The van der Waals surface area contributed by atoms with Gasteiger partial charge in [0.05, 0.1) is 18.1 Å². The van der Waals surface area contributed by atoms with Crippen LogP contribution in [0.4, 0.5) is 0 Å². The maximum atomic E-state index is 11.2. The molecule has 7 nitrogen and oxygen atoms in total. The predicted molar refractivity (Wildman–Crippen MR) is 75.0 cm³/mol. The Morgan fingerprint density at radius 1 is 1.24 bits per heavy atom. The fraction of sp³-hybridized carbons (Fsp3) is 0. The molecule has 2 N–H and O–H groups in total. The Balaban J connectivity index is 1.98. The number of rotatable bonds is 2. The first-order valence-corrected chi connectivity index (χ1v) is 6.24. The highest BCUT2D eigenvalue weighted by molar-refractivity contribution is 6.00. The van der Waals surface area contributed by atoms with E-state index in [9.17, 15) is 4.79 Å². The minimum Gasteiger partial charge on any atom is -0.478 e. The first kappa shape index (κ1) is 11.6. The minimum atomic E-state index is -1.04. The van der Waals surface area contributed by atoms with E-state index in [2.05, 4.69) is 19.9 Å². The summed E-state index contributed by atoms with van der Waals surface area (Å²) in [5.41, 5.74) is 3.02. The van der Waals surface area contributed by atoms with Crippen LogP contribution in [-0.4, -0.2) is 35.4 Å². The Bertz CT molecular complexity index is 985. The molecule has 0 saturated heterocycles. The summed E-state index contributed by atoms with van der Waals surface area (Å²) in [5, 5.41) is 9.16. The third-order valence-corrected chi connectivity index (χ3v) is 3.29. The highest BCUT2D eigenvalue weighted by atomic mass is 16.4. The molecule has 0 unspecified atom stereocenters. The first-order valence-electron chi connectivity index (χ1n) is 6.24. The van der Waals surface area contributed by atoms with E-state index in [0.29, 0.717) is 16.9 Å². The SMILES string of the molecule is O=C(O)c1c[nH]c2ncc(-c3cnc4ccccn34)nc12. The highest BCUT2D eigenvalue weighted by Gasteiger charge is 2.15. The van der Waals surface area contributed by atoms with Gasteiger partial charge >= 0.3 is 5.97 Å². The maximum absolute atomic E-state index is 11.2. The Labute approximate surface area is 117 Å². The van der Waals surface area contributed by atoms with Gasteiger partial charge in [-0.1, -0.05) is 6.07 Å². The number of hydrogen-bond donors (Lipinski definition) is 2. The van der Waals surface area contributed by atoms with Gasteiger partial charge in [-0.05, 0) is 12.1 Å². The summed E-state index contributed by atoms with van der Waals surface area (Å²) in [5.74, 6) is -1.04. The van der Waals surface area contributed by atoms with Crippen LogP contribution >= 0.6 is 0 Å². The second-order valence-corrected chi connectivity index (χ2v) is 4.53. The molecule has 4 aromatic heterocycles. The third-order valence-electron chi connectivity index (χ3n) is 3.29. The van der Waals surface area contributed by atoms with E-state index in [1.54, 1.807) is 12.4 Å². The van der Waals surface area contributed by atoms with Gasteiger partial charge in [0.25, 0.3) is 0 Å². The van der Waals surface area contributed by atoms with Crippen molar-refractivity contribution in [2.45, 2.75) is 0 Å². The number of carboxylic acids is 1. The summed E-state index contributed by atoms with van der Waals surface area (Å²) in [7, 11) is 0. The number of fused-ring (bicyclic) bond motifs is 2. The predicted octanol–water partition coefficient (Wildman–Crippen LogP) is 1.97. The largest absolute Gasteiger partial charge is 0.478 e.